The quantitative estimate of drug-likeness (QED) is 0.759. The van der Waals surface area contributed by atoms with Crippen molar-refractivity contribution in [2.24, 2.45) is 0 Å². The maximum atomic E-state index is 12.9. The molecule has 4 nitrogen and oxygen atoms in total. The van der Waals surface area contributed by atoms with Crippen molar-refractivity contribution in [1.82, 2.24) is 14.9 Å². The number of fused-ring (bicyclic) bond motifs is 1. The summed E-state index contributed by atoms with van der Waals surface area (Å²) in [5.41, 5.74) is 2.94. The molecule has 0 saturated carbocycles. The van der Waals surface area contributed by atoms with Crippen molar-refractivity contribution in [2.75, 3.05) is 13.1 Å². The number of H-pyrrole nitrogens is 1. The van der Waals surface area contributed by atoms with Crippen molar-refractivity contribution < 1.29 is 4.79 Å². The highest BCUT2D eigenvalue weighted by Crippen LogP contribution is 2.29. The van der Waals surface area contributed by atoms with E-state index in [0.29, 0.717) is 10.9 Å². The molecule has 3 aromatic rings. The standard InChI is InChI=1S/C19H18ClN3O/c20-15-1-2-16-17(12-22-18(16)11-15)19(24)23-9-5-14(6-10-23)13-3-7-21-8-4-13/h1-4,7-8,11-12,14,22H,5-6,9-10H2. The summed E-state index contributed by atoms with van der Waals surface area (Å²) in [4.78, 5) is 22.0. The molecule has 0 atom stereocenters. The number of amides is 1. The molecule has 1 aliphatic heterocycles. The third-order valence-corrected chi connectivity index (χ3v) is 5.07. The summed E-state index contributed by atoms with van der Waals surface area (Å²) in [6.07, 6.45) is 7.44. The number of hydrogen-bond acceptors (Lipinski definition) is 2. The summed E-state index contributed by atoms with van der Waals surface area (Å²) < 4.78 is 0. The van der Waals surface area contributed by atoms with Crippen LogP contribution < -0.4 is 0 Å². The van der Waals surface area contributed by atoms with E-state index in [1.54, 1.807) is 6.20 Å². The number of carbonyl (C=O) groups is 1. The number of carbonyl (C=O) groups excluding carboxylic acids is 1. The number of halogens is 1. The predicted octanol–water partition coefficient (Wildman–Crippen LogP) is 4.24. The lowest BCUT2D eigenvalue weighted by Gasteiger charge is -2.32. The number of aromatic nitrogens is 2. The maximum Gasteiger partial charge on any atom is 0.256 e. The maximum absolute atomic E-state index is 12.9. The topological polar surface area (TPSA) is 49.0 Å². The average Bonchev–Trinajstić information content (AvgIpc) is 3.05. The molecule has 122 valence electrons. The summed E-state index contributed by atoms with van der Waals surface area (Å²) in [6.45, 7) is 1.57. The van der Waals surface area contributed by atoms with Gasteiger partial charge in [-0.2, -0.15) is 0 Å². The van der Waals surface area contributed by atoms with Gasteiger partial charge in [-0.15, -0.1) is 0 Å². The molecule has 2 aromatic heterocycles. The molecule has 0 unspecified atom stereocenters. The van der Waals surface area contributed by atoms with Crippen LogP contribution in [0.1, 0.15) is 34.7 Å². The second-order valence-corrected chi connectivity index (χ2v) is 6.68. The van der Waals surface area contributed by atoms with Crippen LogP contribution in [0.2, 0.25) is 5.02 Å². The van der Waals surface area contributed by atoms with Crippen molar-refractivity contribution >= 4 is 28.4 Å². The molecule has 0 radical (unpaired) electrons. The summed E-state index contributed by atoms with van der Waals surface area (Å²) >= 11 is 6.01. The molecule has 0 bridgehead atoms. The molecule has 1 aliphatic rings. The van der Waals surface area contributed by atoms with E-state index in [0.717, 1.165) is 42.4 Å². The number of rotatable bonds is 2. The van der Waals surface area contributed by atoms with Crippen molar-refractivity contribution in [1.29, 1.82) is 0 Å². The number of pyridine rings is 1. The second-order valence-electron chi connectivity index (χ2n) is 6.24. The van der Waals surface area contributed by atoms with Crippen LogP contribution >= 0.6 is 11.6 Å². The fraction of sp³-hybridized carbons (Fsp3) is 0.263. The average molecular weight is 340 g/mol. The first-order valence-electron chi connectivity index (χ1n) is 8.18. The molecular formula is C19H18ClN3O. The third kappa shape index (κ3) is 2.78. The Hall–Kier alpha value is -2.33. The number of benzene rings is 1. The van der Waals surface area contributed by atoms with Gasteiger partial charge in [0.05, 0.1) is 5.56 Å². The van der Waals surface area contributed by atoms with Gasteiger partial charge in [0.15, 0.2) is 0 Å². The normalized spacial score (nSPS) is 15.8. The minimum Gasteiger partial charge on any atom is -0.360 e. The zero-order valence-electron chi connectivity index (χ0n) is 13.2. The molecule has 0 spiro atoms. The highest BCUT2D eigenvalue weighted by atomic mass is 35.5. The lowest BCUT2D eigenvalue weighted by Crippen LogP contribution is -2.37. The van der Waals surface area contributed by atoms with Crippen LogP contribution in [0.25, 0.3) is 10.9 Å². The van der Waals surface area contributed by atoms with E-state index in [9.17, 15) is 4.79 Å². The highest BCUT2D eigenvalue weighted by Gasteiger charge is 2.25. The van der Waals surface area contributed by atoms with E-state index in [-0.39, 0.29) is 5.91 Å². The van der Waals surface area contributed by atoms with Gasteiger partial charge >= 0.3 is 0 Å². The van der Waals surface area contributed by atoms with Crippen LogP contribution in [0.3, 0.4) is 0 Å². The SMILES string of the molecule is O=C(c1c[nH]c2cc(Cl)ccc12)N1CCC(c2ccncc2)CC1. The molecule has 1 amide bonds. The van der Waals surface area contributed by atoms with Crippen LogP contribution in [0.15, 0.2) is 48.9 Å². The lowest BCUT2D eigenvalue weighted by molar-refractivity contribution is 0.0715. The fourth-order valence-corrected chi connectivity index (χ4v) is 3.67. The molecule has 4 rings (SSSR count). The summed E-state index contributed by atoms with van der Waals surface area (Å²) in [5, 5.41) is 1.60. The van der Waals surface area contributed by atoms with Crippen molar-refractivity contribution in [2.45, 2.75) is 18.8 Å². The van der Waals surface area contributed by atoms with Gasteiger partial charge in [-0.25, -0.2) is 0 Å². The smallest absolute Gasteiger partial charge is 0.256 e. The molecule has 5 heteroatoms. The van der Waals surface area contributed by atoms with Crippen LogP contribution in [0.5, 0.6) is 0 Å². The van der Waals surface area contributed by atoms with Crippen LogP contribution in [-0.2, 0) is 0 Å². The molecule has 1 aromatic carbocycles. The first-order valence-corrected chi connectivity index (χ1v) is 8.56. The van der Waals surface area contributed by atoms with Gasteiger partial charge in [-0.05, 0) is 48.6 Å². The predicted molar refractivity (Wildman–Crippen MR) is 95.4 cm³/mol. The molecule has 1 N–H and O–H groups in total. The van der Waals surface area contributed by atoms with E-state index >= 15 is 0 Å². The Morgan fingerprint density at radius 2 is 1.92 bits per heavy atom. The minimum atomic E-state index is 0.0942. The zero-order valence-corrected chi connectivity index (χ0v) is 14.0. The van der Waals surface area contributed by atoms with Gasteiger partial charge < -0.3 is 9.88 Å². The summed E-state index contributed by atoms with van der Waals surface area (Å²) in [5.74, 6) is 0.607. The van der Waals surface area contributed by atoms with Gasteiger partial charge in [0, 0.05) is 47.6 Å². The van der Waals surface area contributed by atoms with Gasteiger partial charge in [0.25, 0.3) is 5.91 Å². The van der Waals surface area contributed by atoms with Gasteiger partial charge in [-0.1, -0.05) is 17.7 Å². The molecule has 3 heterocycles. The summed E-state index contributed by atoms with van der Waals surface area (Å²) in [7, 11) is 0. The molecule has 1 fully saturated rings. The molecule has 24 heavy (non-hydrogen) atoms. The van der Waals surface area contributed by atoms with Crippen molar-refractivity contribution in [3.63, 3.8) is 0 Å². The molecular weight excluding hydrogens is 322 g/mol. The van der Waals surface area contributed by atoms with Crippen LogP contribution in [0.4, 0.5) is 0 Å². The highest BCUT2D eigenvalue weighted by molar-refractivity contribution is 6.31. The zero-order chi connectivity index (χ0) is 16.5. The van der Waals surface area contributed by atoms with Gasteiger partial charge in [-0.3, -0.25) is 9.78 Å². The number of likely N-dealkylation sites (tertiary alicyclic amines) is 1. The largest absolute Gasteiger partial charge is 0.360 e. The van der Waals surface area contributed by atoms with Gasteiger partial charge in [0.2, 0.25) is 0 Å². The van der Waals surface area contributed by atoms with Crippen LogP contribution in [-0.4, -0.2) is 33.9 Å². The number of hydrogen-bond donors (Lipinski definition) is 1. The van der Waals surface area contributed by atoms with Gasteiger partial charge in [0.1, 0.15) is 0 Å². The Kier molecular flexibility index (Phi) is 3.98. The van der Waals surface area contributed by atoms with E-state index < -0.39 is 0 Å². The molecule has 0 aliphatic carbocycles. The Morgan fingerprint density at radius 3 is 2.67 bits per heavy atom. The lowest BCUT2D eigenvalue weighted by atomic mass is 9.90. The first-order chi connectivity index (χ1) is 11.7. The van der Waals surface area contributed by atoms with Crippen molar-refractivity contribution in [3.05, 3.63) is 65.1 Å². The Balaban J connectivity index is 1.50. The number of piperidine rings is 1. The number of aromatic amines is 1. The third-order valence-electron chi connectivity index (χ3n) is 4.83. The van der Waals surface area contributed by atoms with E-state index in [1.807, 2.05) is 35.5 Å². The van der Waals surface area contributed by atoms with Crippen LogP contribution in [0, 0.1) is 0 Å². The van der Waals surface area contributed by atoms with E-state index in [2.05, 4.69) is 22.1 Å². The minimum absolute atomic E-state index is 0.0942. The summed E-state index contributed by atoms with van der Waals surface area (Å²) in [6, 6.07) is 9.73. The molecule has 1 saturated heterocycles. The first kappa shape index (κ1) is 15.2. The second kappa shape index (κ2) is 6.29. The Bertz CT molecular complexity index is 867. The fourth-order valence-electron chi connectivity index (χ4n) is 3.50. The number of nitrogens with zero attached hydrogens (tertiary/aromatic N) is 2. The monoisotopic (exact) mass is 339 g/mol. The van der Waals surface area contributed by atoms with E-state index in [4.69, 9.17) is 11.6 Å². The number of nitrogens with one attached hydrogen (secondary N) is 1. The Labute approximate surface area is 145 Å². The van der Waals surface area contributed by atoms with E-state index in [1.165, 1.54) is 5.56 Å². The Morgan fingerprint density at radius 1 is 1.17 bits per heavy atom. The van der Waals surface area contributed by atoms with Crippen molar-refractivity contribution in [3.8, 4) is 0 Å².